The van der Waals surface area contributed by atoms with Crippen LogP contribution in [0.25, 0.3) is 5.69 Å². The van der Waals surface area contributed by atoms with Crippen LogP contribution in [-0.4, -0.2) is 29.7 Å². The molecule has 0 spiro atoms. The largest absolute Gasteiger partial charge is 0.493 e. The van der Waals surface area contributed by atoms with E-state index in [1.165, 1.54) is 0 Å². The second-order valence-corrected chi connectivity index (χ2v) is 8.38. The van der Waals surface area contributed by atoms with Gasteiger partial charge in [0.05, 0.1) is 32.5 Å². The van der Waals surface area contributed by atoms with E-state index in [1.54, 1.807) is 14.2 Å². The molecule has 0 radical (unpaired) electrons. The Balaban J connectivity index is 1.65. The molecule has 1 N–H and O–H groups in total. The van der Waals surface area contributed by atoms with Crippen molar-refractivity contribution in [2.45, 2.75) is 19.5 Å². The van der Waals surface area contributed by atoms with Crippen molar-refractivity contribution in [3.8, 4) is 17.2 Å². The summed E-state index contributed by atoms with van der Waals surface area (Å²) in [6.07, 6.45) is 2.05. The molecule has 172 valence electrons. The first kappa shape index (κ1) is 21.6. The lowest BCUT2D eigenvalue weighted by Crippen LogP contribution is -2.38. The Morgan fingerprint density at radius 3 is 2.53 bits per heavy atom. The maximum atomic E-state index is 13.8. The quantitative estimate of drug-likeness (QED) is 0.416. The molecule has 0 saturated carbocycles. The third kappa shape index (κ3) is 3.88. The molecule has 1 aromatic heterocycles. The van der Waals surface area contributed by atoms with Crippen molar-refractivity contribution in [3.05, 3.63) is 107 Å². The summed E-state index contributed by atoms with van der Waals surface area (Å²) in [5, 5.41) is 3.11. The number of urea groups is 1. The highest BCUT2D eigenvalue weighted by Gasteiger charge is 2.33. The second kappa shape index (κ2) is 8.98. The fourth-order valence-corrected chi connectivity index (χ4v) is 4.63. The van der Waals surface area contributed by atoms with Gasteiger partial charge in [-0.2, -0.15) is 0 Å². The lowest BCUT2D eigenvalue weighted by atomic mass is 10.0. The number of nitrogens with one attached hydrogen (secondary N) is 1. The number of para-hydroxylation sites is 1. The number of fused-ring (bicyclic) bond motifs is 3. The molecule has 34 heavy (non-hydrogen) atoms. The number of hydrogen-bond acceptors (Lipinski definition) is 3. The molecule has 0 saturated heterocycles. The minimum Gasteiger partial charge on any atom is -0.493 e. The summed E-state index contributed by atoms with van der Waals surface area (Å²) in [5.41, 5.74) is 5.93. The van der Waals surface area contributed by atoms with Crippen molar-refractivity contribution in [2.24, 2.45) is 0 Å². The number of benzene rings is 3. The zero-order valence-electron chi connectivity index (χ0n) is 19.5. The Morgan fingerprint density at radius 1 is 0.912 bits per heavy atom. The highest BCUT2D eigenvalue weighted by atomic mass is 16.5. The molecule has 5 rings (SSSR count). The zero-order chi connectivity index (χ0) is 23.7. The molecule has 0 unspecified atom stereocenters. The van der Waals surface area contributed by atoms with Crippen LogP contribution >= 0.6 is 0 Å². The minimum atomic E-state index is -0.341. The molecule has 0 aliphatic carbocycles. The Morgan fingerprint density at radius 2 is 1.74 bits per heavy atom. The summed E-state index contributed by atoms with van der Waals surface area (Å²) in [6, 6.07) is 25.4. The fourth-order valence-electron chi connectivity index (χ4n) is 4.63. The summed E-state index contributed by atoms with van der Waals surface area (Å²) < 4.78 is 13.2. The Bertz CT molecular complexity index is 1340. The van der Waals surface area contributed by atoms with Crippen LogP contribution in [0.3, 0.4) is 0 Å². The van der Waals surface area contributed by atoms with Gasteiger partial charge < -0.3 is 24.3 Å². The Kier molecular flexibility index (Phi) is 5.72. The van der Waals surface area contributed by atoms with Crippen molar-refractivity contribution < 1.29 is 14.3 Å². The lowest BCUT2D eigenvalue weighted by Gasteiger charge is -2.31. The van der Waals surface area contributed by atoms with Gasteiger partial charge in [-0.05, 0) is 66.1 Å². The number of anilines is 1. The Hall–Kier alpha value is -4.19. The van der Waals surface area contributed by atoms with Crippen molar-refractivity contribution >= 4 is 11.7 Å². The number of carbonyl (C=O) groups is 1. The van der Waals surface area contributed by atoms with E-state index in [9.17, 15) is 4.79 Å². The van der Waals surface area contributed by atoms with Gasteiger partial charge in [-0.15, -0.1) is 0 Å². The molecule has 2 heterocycles. The molecule has 3 aromatic carbocycles. The molecule has 1 atom stereocenters. The summed E-state index contributed by atoms with van der Waals surface area (Å²) in [5.74, 6) is 1.27. The van der Waals surface area contributed by atoms with Crippen molar-refractivity contribution in [2.75, 3.05) is 19.5 Å². The molecule has 6 heteroatoms. The monoisotopic (exact) mass is 453 g/mol. The number of carbonyl (C=O) groups excluding carboxylic acids is 1. The normalized spacial score (nSPS) is 14.6. The summed E-state index contributed by atoms with van der Waals surface area (Å²) >= 11 is 0. The van der Waals surface area contributed by atoms with Gasteiger partial charge >= 0.3 is 6.03 Å². The lowest BCUT2D eigenvalue weighted by molar-refractivity contribution is 0.194. The van der Waals surface area contributed by atoms with E-state index in [2.05, 4.69) is 28.1 Å². The predicted molar refractivity (Wildman–Crippen MR) is 133 cm³/mol. The SMILES string of the molecule is COc1ccc([C@@H]2c3cccn3-c3ccccc3CN2C(=O)Nc2cccc(C)c2)cc1OC. The summed E-state index contributed by atoms with van der Waals surface area (Å²) in [6.45, 7) is 2.46. The first-order valence-corrected chi connectivity index (χ1v) is 11.2. The molecular weight excluding hydrogens is 426 g/mol. The van der Waals surface area contributed by atoms with Gasteiger partial charge in [0, 0.05) is 17.6 Å². The minimum absolute atomic E-state index is 0.171. The highest BCUT2D eigenvalue weighted by molar-refractivity contribution is 5.90. The van der Waals surface area contributed by atoms with Gasteiger partial charge in [0.15, 0.2) is 11.5 Å². The molecular formula is C28H27N3O3. The molecule has 2 amide bonds. The van der Waals surface area contributed by atoms with Crippen LogP contribution in [0.5, 0.6) is 11.5 Å². The number of methoxy groups -OCH3 is 2. The van der Waals surface area contributed by atoms with Gasteiger partial charge in [-0.25, -0.2) is 4.79 Å². The maximum Gasteiger partial charge on any atom is 0.322 e. The van der Waals surface area contributed by atoms with E-state index in [-0.39, 0.29) is 12.1 Å². The van der Waals surface area contributed by atoms with Crippen LogP contribution in [0.15, 0.2) is 85.1 Å². The van der Waals surface area contributed by atoms with Crippen LogP contribution < -0.4 is 14.8 Å². The third-order valence-corrected chi connectivity index (χ3v) is 6.22. The van der Waals surface area contributed by atoms with Gasteiger partial charge in [-0.1, -0.05) is 36.4 Å². The summed E-state index contributed by atoms with van der Waals surface area (Å²) in [4.78, 5) is 15.7. The zero-order valence-corrected chi connectivity index (χ0v) is 19.5. The number of hydrogen-bond donors (Lipinski definition) is 1. The second-order valence-electron chi connectivity index (χ2n) is 8.38. The number of aromatic nitrogens is 1. The average molecular weight is 454 g/mol. The molecule has 0 fully saturated rings. The average Bonchev–Trinajstić information content (AvgIpc) is 3.28. The maximum absolute atomic E-state index is 13.8. The van der Waals surface area contributed by atoms with Crippen molar-refractivity contribution in [1.29, 1.82) is 0 Å². The van der Waals surface area contributed by atoms with E-state index in [0.29, 0.717) is 18.0 Å². The Labute approximate surface area is 199 Å². The van der Waals surface area contributed by atoms with Crippen LogP contribution in [0.2, 0.25) is 0 Å². The fraction of sp³-hybridized carbons (Fsp3) is 0.179. The van der Waals surface area contributed by atoms with Crippen molar-refractivity contribution in [1.82, 2.24) is 9.47 Å². The van der Waals surface area contributed by atoms with Gasteiger partial charge in [0.2, 0.25) is 0 Å². The molecule has 0 bridgehead atoms. The van der Waals surface area contributed by atoms with Crippen molar-refractivity contribution in [3.63, 3.8) is 0 Å². The molecule has 6 nitrogen and oxygen atoms in total. The van der Waals surface area contributed by atoms with Crippen LogP contribution in [-0.2, 0) is 6.54 Å². The van der Waals surface area contributed by atoms with E-state index >= 15 is 0 Å². The number of nitrogens with zero attached hydrogens (tertiary/aromatic N) is 2. The van der Waals surface area contributed by atoms with E-state index in [1.807, 2.05) is 78.7 Å². The number of amides is 2. The first-order valence-electron chi connectivity index (χ1n) is 11.2. The third-order valence-electron chi connectivity index (χ3n) is 6.22. The van der Waals surface area contributed by atoms with E-state index in [0.717, 1.165) is 33.8 Å². The molecule has 1 aliphatic rings. The van der Waals surface area contributed by atoms with Crippen LogP contribution in [0.4, 0.5) is 10.5 Å². The van der Waals surface area contributed by atoms with Crippen LogP contribution in [0, 0.1) is 6.92 Å². The van der Waals surface area contributed by atoms with Crippen LogP contribution in [0.1, 0.15) is 28.4 Å². The smallest absolute Gasteiger partial charge is 0.322 e. The highest BCUT2D eigenvalue weighted by Crippen LogP contribution is 2.39. The summed E-state index contributed by atoms with van der Waals surface area (Å²) in [7, 11) is 3.24. The van der Waals surface area contributed by atoms with E-state index < -0.39 is 0 Å². The number of ether oxygens (including phenoxy) is 2. The topological polar surface area (TPSA) is 55.7 Å². The molecule has 1 aliphatic heterocycles. The molecule has 4 aromatic rings. The number of aryl methyl sites for hydroxylation is 1. The van der Waals surface area contributed by atoms with Gasteiger partial charge in [0.25, 0.3) is 0 Å². The first-order chi connectivity index (χ1) is 16.6. The van der Waals surface area contributed by atoms with Gasteiger partial charge in [0.1, 0.15) is 0 Å². The standard InChI is InChI=1S/C28H27N3O3/c1-19-8-6-10-22(16-19)29-28(32)31-18-21-9-4-5-11-23(21)30-15-7-12-24(30)27(31)20-13-14-25(33-2)26(17-20)34-3/h4-17,27H,18H2,1-3H3,(H,29,32)/t27-/m1/s1. The predicted octanol–water partition coefficient (Wildman–Crippen LogP) is 5.94. The van der Waals surface area contributed by atoms with E-state index in [4.69, 9.17) is 9.47 Å². The number of rotatable bonds is 4. The van der Waals surface area contributed by atoms with Gasteiger partial charge in [-0.3, -0.25) is 0 Å².